The Morgan fingerprint density at radius 1 is 1.71 bits per heavy atom. The van der Waals surface area contributed by atoms with Crippen molar-refractivity contribution < 1.29 is 4.79 Å². The Bertz CT molecular complexity index is 335. The zero-order chi connectivity index (χ0) is 10.7. The number of alkyl halides is 1. The number of hydrogen-bond acceptors (Lipinski definition) is 2. The van der Waals surface area contributed by atoms with Crippen molar-refractivity contribution in [1.82, 2.24) is 14.7 Å². The molecule has 0 fully saturated rings. The standard InChI is InChI=1S/C9H14BrN3O/c1-7-6-8(13(3)11-7)9(14)12(2)5-4-10/h6H,4-5H2,1-3H3. The number of halogens is 1. The van der Waals surface area contributed by atoms with Gasteiger partial charge < -0.3 is 4.90 Å². The van der Waals surface area contributed by atoms with Crippen LogP contribution >= 0.6 is 15.9 Å². The van der Waals surface area contributed by atoms with Crippen LogP contribution in [0, 0.1) is 6.92 Å². The SMILES string of the molecule is Cc1cc(C(=O)N(C)CCBr)n(C)n1. The van der Waals surface area contributed by atoms with Crippen LogP contribution in [0.1, 0.15) is 16.2 Å². The van der Waals surface area contributed by atoms with Gasteiger partial charge in [0, 0.05) is 26.0 Å². The maximum absolute atomic E-state index is 11.8. The quantitative estimate of drug-likeness (QED) is 0.766. The Balaban J connectivity index is 2.83. The summed E-state index contributed by atoms with van der Waals surface area (Å²) >= 11 is 3.30. The van der Waals surface area contributed by atoms with Crippen molar-refractivity contribution in [2.24, 2.45) is 7.05 Å². The van der Waals surface area contributed by atoms with Crippen molar-refractivity contribution in [2.45, 2.75) is 6.92 Å². The van der Waals surface area contributed by atoms with Crippen LogP contribution in [0.25, 0.3) is 0 Å². The Morgan fingerprint density at radius 3 is 2.79 bits per heavy atom. The summed E-state index contributed by atoms with van der Waals surface area (Å²) in [6.45, 7) is 2.57. The second kappa shape index (κ2) is 4.59. The highest BCUT2D eigenvalue weighted by atomic mass is 79.9. The maximum atomic E-state index is 11.8. The summed E-state index contributed by atoms with van der Waals surface area (Å²) in [6, 6.07) is 1.80. The number of aromatic nitrogens is 2. The summed E-state index contributed by atoms with van der Waals surface area (Å²) in [7, 11) is 3.56. The number of nitrogens with zero attached hydrogens (tertiary/aromatic N) is 3. The van der Waals surface area contributed by atoms with Crippen LogP contribution < -0.4 is 0 Å². The fourth-order valence-electron chi connectivity index (χ4n) is 1.23. The van der Waals surface area contributed by atoms with Gasteiger partial charge in [-0.15, -0.1) is 0 Å². The molecule has 0 aliphatic rings. The maximum Gasteiger partial charge on any atom is 0.271 e. The molecule has 0 unspecified atom stereocenters. The summed E-state index contributed by atoms with van der Waals surface area (Å²) in [5, 5.41) is 4.92. The van der Waals surface area contributed by atoms with E-state index in [0.717, 1.165) is 11.0 Å². The van der Waals surface area contributed by atoms with E-state index >= 15 is 0 Å². The number of amides is 1. The van der Waals surface area contributed by atoms with Crippen LogP contribution in [0.5, 0.6) is 0 Å². The lowest BCUT2D eigenvalue weighted by Crippen LogP contribution is -2.30. The molecular formula is C9H14BrN3O. The first kappa shape index (κ1) is 11.2. The third-order valence-electron chi connectivity index (χ3n) is 1.99. The van der Waals surface area contributed by atoms with Gasteiger partial charge in [-0.1, -0.05) is 15.9 Å². The van der Waals surface area contributed by atoms with Crippen molar-refractivity contribution >= 4 is 21.8 Å². The van der Waals surface area contributed by atoms with E-state index in [2.05, 4.69) is 21.0 Å². The van der Waals surface area contributed by atoms with Crippen molar-refractivity contribution in [3.63, 3.8) is 0 Å². The highest BCUT2D eigenvalue weighted by Crippen LogP contribution is 2.05. The van der Waals surface area contributed by atoms with Gasteiger partial charge in [-0.3, -0.25) is 9.48 Å². The molecule has 0 aromatic carbocycles. The topological polar surface area (TPSA) is 38.1 Å². The van der Waals surface area contributed by atoms with Gasteiger partial charge in [-0.25, -0.2) is 0 Å². The molecule has 1 aromatic heterocycles. The monoisotopic (exact) mass is 259 g/mol. The third-order valence-corrected chi connectivity index (χ3v) is 2.34. The van der Waals surface area contributed by atoms with Crippen molar-refractivity contribution in [2.75, 3.05) is 18.9 Å². The molecule has 1 heterocycles. The van der Waals surface area contributed by atoms with Crippen LogP contribution in [0.15, 0.2) is 6.07 Å². The summed E-state index contributed by atoms with van der Waals surface area (Å²) in [5.41, 5.74) is 1.49. The van der Waals surface area contributed by atoms with Gasteiger partial charge in [0.25, 0.3) is 5.91 Å². The molecule has 0 aliphatic carbocycles. The third kappa shape index (κ3) is 2.35. The molecule has 78 valence electrons. The molecule has 0 aliphatic heterocycles. The predicted octanol–water partition coefficient (Wildman–Crippen LogP) is 1.20. The average molecular weight is 260 g/mol. The highest BCUT2D eigenvalue weighted by Gasteiger charge is 2.15. The van der Waals surface area contributed by atoms with Crippen LogP contribution in [-0.2, 0) is 7.05 Å². The molecule has 0 saturated carbocycles. The van der Waals surface area contributed by atoms with Gasteiger partial charge in [-0.2, -0.15) is 5.10 Å². The molecular weight excluding hydrogens is 246 g/mol. The van der Waals surface area contributed by atoms with Gasteiger partial charge in [0.2, 0.25) is 0 Å². The second-order valence-corrected chi connectivity index (χ2v) is 4.00. The summed E-state index contributed by atoms with van der Waals surface area (Å²) < 4.78 is 1.61. The number of hydrogen-bond donors (Lipinski definition) is 0. The molecule has 0 atom stereocenters. The van der Waals surface area contributed by atoms with Gasteiger partial charge in [0.15, 0.2) is 0 Å². The van der Waals surface area contributed by atoms with Gasteiger partial charge in [0.05, 0.1) is 5.69 Å². The molecule has 0 spiro atoms. The first-order valence-corrected chi connectivity index (χ1v) is 5.50. The van der Waals surface area contributed by atoms with Crippen LogP contribution in [-0.4, -0.2) is 39.5 Å². The number of rotatable bonds is 3. The minimum Gasteiger partial charge on any atom is -0.340 e. The lowest BCUT2D eigenvalue weighted by molar-refractivity contribution is 0.0793. The van der Waals surface area contributed by atoms with E-state index < -0.39 is 0 Å². The van der Waals surface area contributed by atoms with E-state index in [0.29, 0.717) is 12.2 Å². The second-order valence-electron chi connectivity index (χ2n) is 3.21. The van der Waals surface area contributed by atoms with Crippen molar-refractivity contribution in [3.8, 4) is 0 Å². The number of carbonyl (C=O) groups is 1. The van der Waals surface area contributed by atoms with Crippen LogP contribution in [0.4, 0.5) is 0 Å². The van der Waals surface area contributed by atoms with E-state index in [4.69, 9.17) is 0 Å². The van der Waals surface area contributed by atoms with Gasteiger partial charge >= 0.3 is 0 Å². The van der Waals surface area contributed by atoms with E-state index in [-0.39, 0.29) is 5.91 Å². The Hall–Kier alpha value is -0.840. The van der Waals surface area contributed by atoms with E-state index in [1.54, 1.807) is 29.7 Å². The predicted molar refractivity (Wildman–Crippen MR) is 58.7 cm³/mol. The number of carbonyl (C=O) groups excluding carboxylic acids is 1. The number of aryl methyl sites for hydroxylation is 2. The molecule has 0 bridgehead atoms. The fourth-order valence-corrected chi connectivity index (χ4v) is 1.77. The van der Waals surface area contributed by atoms with Crippen LogP contribution in [0.3, 0.4) is 0 Å². The molecule has 14 heavy (non-hydrogen) atoms. The molecule has 1 amide bonds. The largest absolute Gasteiger partial charge is 0.340 e. The fraction of sp³-hybridized carbons (Fsp3) is 0.556. The van der Waals surface area contributed by atoms with E-state index in [1.807, 2.05) is 6.92 Å². The van der Waals surface area contributed by atoms with Gasteiger partial charge in [-0.05, 0) is 13.0 Å². The lowest BCUT2D eigenvalue weighted by atomic mass is 10.3. The molecule has 4 nitrogen and oxygen atoms in total. The first-order valence-electron chi connectivity index (χ1n) is 4.38. The summed E-state index contributed by atoms with van der Waals surface area (Å²) in [4.78, 5) is 13.5. The lowest BCUT2D eigenvalue weighted by Gasteiger charge is -2.15. The zero-order valence-corrected chi connectivity index (χ0v) is 10.2. The normalized spacial score (nSPS) is 10.3. The Kier molecular flexibility index (Phi) is 3.69. The molecule has 0 N–H and O–H groups in total. The Labute approximate surface area is 92.0 Å². The zero-order valence-electron chi connectivity index (χ0n) is 8.62. The van der Waals surface area contributed by atoms with E-state index in [9.17, 15) is 4.79 Å². The Morgan fingerprint density at radius 2 is 2.36 bits per heavy atom. The van der Waals surface area contributed by atoms with Crippen molar-refractivity contribution in [3.05, 3.63) is 17.5 Å². The molecule has 1 rings (SSSR count). The van der Waals surface area contributed by atoms with Gasteiger partial charge in [0.1, 0.15) is 5.69 Å². The van der Waals surface area contributed by atoms with Crippen LogP contribution in [0.2, 0.25) is 0 Å². The first-order chi connectivity index (χ1) is 6.56. The summed E-state index contributed by atoms with van der Waals surface area (Å²) in [5.74, 6) is 0.00699. The smallest absolute Gasteiger partial charge is 0.271 e. The molecule has 0 saturated heterocycles. The minimum atomic E-state index is 0.00699. The minimum absolute atomic E-state index is 0.00699. The average Bonchev–Trinajstić information content (AvgIpc) is 2.44. The van der Waals surface area contributed by atoms with Crippen molar-refractivity contribution in [1.29, 1.82) is 0 Å². The molecule has 5 heteroatoms. The summed E-state index contributed by atoms with van der Waals surface area (Å²) in [6.07, 6.45) is 0. The molecule has 0 radical (unpaired) electrons. The molecule has 1 aromatic rings. The highest BCUT2D eigenvalue weighted by molar-refractivity contribution is 9.09. The van der Waals surface area contributed by atoms with E-state index in [1.165, 1.54) is 0 Å².